The molecule has 118 valence electrons. The van der Waals surface area contributed by atoms with Gasteiger partial charge in [0.1, 0.15) is 6.10 Å². The Morgan fingerprint density at radius 2 is 2.10 bits per heavy atom. The summed E-state index contributed by atoms with van der Waals surface area (Å²) in [6.45, 7) is 2.76. The SMILES string of the molecule is CSC1(CNC(=O)[C@@H]2CC[C@H](CN)O2)CCOCC1.Cl. The summed E-state index contributed by atoms with van der Waals surface area (Å²) < 4.78 is 11.1. The van der Waals surface area contributed by atoms with Crippen molar-refractivity contribution in [3.8, 4) is 0 Å². The van der Waals surface area contributed by atoms with Crippen molar-refractivity contribution in [3.05, 3.63) is 0 Å². The Hall–Kier alpha value is -0.0100. The molecule has 2 saturated heterocycles. The zero-order valence-corrected chi connectivity index (χ0v) is 13.6. The van der Waals surface area contributed by atoms with Crippen LogP contribution in [-0.4, -0.2) is 55.4 Å². The first-order chi connectivity index (χ1) is 9.19. The summed E-state index contributed by atoms with van der Waals surface area (Å²) in [6, 6.07) is 0. The molecule has 0 aromatic rings. The van der Waals surface area contributed by atoms with Gasteiger partial charge in [0.2, 0.25) is 5.91 Å². The number of rotatable bonds is 5. The van der Waals surface area contributed by atoms with Gasteiger partial charge in [-0.3, -0.25) is 4.79 Å². The lowest BCUT2D eigenvalue weighted by Crippen LogP contribution is -2.47. The number of nitrogens with two attached hydrogens (primary N) is 1. The first-order valence-electron chi connectivity index (χ1n) is 6.95. The Bertz CT molecular complexity index is 314. The van der Waals surface area contributed by atoms with E-state index in [-0.39, 0.29) is 35.3 Å². The standard InChI is InChI=1S/C13H24N2O3S.ClH/c1-19-13(4-6-17-7-5-13)9-15-12(16)11-3-2-10(8-14)18-11;/h10-11H,2-9,14H2,1H3,(H,15,16);1H/t10-,11+;/m1./s1. The van der Waals surface area contributed by atoms with Gasteiger partial charge in [0.25, 0.3) is 0 Å². The van der Waals surface area contributed by atoms with Gasteiger partial charge in [-0.1, -0.05) is 0 Å². The van der Waals surface area contributed by atoms with Crippen molar-refractivity contribution in [1.29, 1.82) is 0 Å². The number of halogens is 1. The molecule has 5 nitrogen and oxygen atoms in total. The summed E-state index contributed by atoms with van der Waals surface area (Å²) in [5.74, 6) is 0.0101. The number of hydrogen-bond donors (Lipinski definition) is 2. The van der Waals surface area contributed by atoms with Gasteiger partial charge in [-0.25, -0.2) is 0 Å². The number of amides is 1. The molecule has 2 fully saturated rings. The van der Waals surface area contributed by atoms with Crippen LogP contribution in [0.1, 0.15) is 25.7 Å². The molecule has 0 aromatic carbocycles. The minimum absolute atomic E-state index is 0. The third-order valence-corrected chi connectivity index (χ3v) is 5.50. The first kappa shape index (κ1) is 18.0. The monoisotopic (exact) mass is 324 g/mol. The van der Waals surface area contributed by atoms with Crippen molar-refractivity contribution in [2.45, 2.75) is 42.6 Å². The number of carbonyl (C=O) groups is 1. The number of ether oxygens (including phenoxy) is 2. The third-order valence-electron chi connectivity index (χ3n) is 4.08. The van der Waals surface area contributed by atoms with E-state index >= 15 is 0 Å². The smallest absolute Gasteiger partial charge is 0.249 e. The molecule has 2 heterocycles. The minimum atomic E-state index is -0.313. The van der Waals surface area contributed by atoms with E-state index in [1.54, 1.807) is 0 Å². The lowest BCUT2D eigenvalue weighted by atomic mass is 9.99. The van der Waals surface area contributed by atoms with Crippen molar-refractivity contribution in [2.75, 3.05) is 32.6 Å². The van der Waals surface area contributed by atoms with Crippen LogP contribution >= 0.6 is 24.2 Å². The molecule has 0 radical (unpaired) electrons. The second kappa shape index (κ2) is 8.44. The van der Waals surface area contributed by atoms with E-state index in [1.165, 1.54) is 0 Å². The molecule has 20 heavy (non-hydrogen) atoms. The number of nitrogens with one attached hydrogen (secondary N) is 1. The molecule has 0 spiro atoms. The topological polar surface area (TPSA) is 73.6 Å². The van der Waals surface area contributed by atoms with Crippen LogP contribution < -0.4 is 11.1 Å². The molecule has 0 saturated carbocycles. The van der Waals surface area contributed by atoms with Gasteiger partial charge in [-0.15, -0.1) is 12.4 Å². The highest BCUT2D eigenvalue weighted by atomic mass is 35.5. The van der Waals surface area contributed by atoms with Gasteiger partial charge in [0, 0.05) is 31.1 Å². The number of carbonyl (C=O) groups excluding carboxylic acids is 1. The maximum atomic E-state index is 12.1. The van der Waals surface area contributed by atoms with Gasteiger partial charge in [-0.05, 0) is 31.9 Å². The Morgan fingerprint density at radius 3 is 2.65 bits per heavy atom. The summed E-state index contributed by atoms with van der Waals surface area (Å²) in [6.07, 6.45) is 5.49. The molecule has 2 aliphatic heterocycles. The van der Waals surface area contributed by atoms with Gasteiger partial charge < -0.3 is 20.5 Å². The summed E-state index contributed by atoms with van der Waals surface area (Å²) in [7, 11) is 0. The summed E-state index contributed by atoms with van der Waals surface area (Å²) in [5.41, 5.74) is 5.56. The largest absolute Gasteiger partial charge is 0.381 e. The van der Waals surface area contributed by atoms with Crippen LogP contribution in [0.5, 0.6) is 0 Å². The van der Waals surface area contributed by atoms with Gasteiger partial charge in [0.05, 0.1) is 6.10 Å². The molecule has 2 atom stereocenters. The average Bonchev–Trinajstić information content (AvgIpc) is 2.95. The van der Waals surface area contributed by atoms with Crippen LogP contribution in [0.2, 0.25) is 0 Å². The van der Waals surface area contributed by atoms with E-state index in [1.807, 2.05) is 11.8 Å². The molecule has 3 N–H and O–H groups in total. The van der Waals surface area contributed by atoms with Crippen molar-refractivity contribution < 1.29 is 14.3 Å². The van der Waals surface area contributed by atoms with E-state index in [4.69, 9.17) is 15.2 Å². The normalized spacial score (nSPS) is 28.7. The Morgan fingerprint density at radius 1 is 1.40 bits per heavy atom. The summed E-state index contributed by atoms with van der Waals surface area (Å²) in [4.78, 5) is 12.1. The second-order valence-electron chi connectivity index (χ2n) is 5.28. The summed E-state index contributed by atoms with van der Waals surface area (Å²) >= 11 is 1.83. The van der Waals surface area contributed by atoms with Crippen molar-refractivity contribution in [3.63, 3.8) is 0 Å². The van der Waals surface area contributed by atoms with E-state index in [0.29, 0.717) is 13.1 Å². The highest BCUT2D eigenvalue weighted by Gasteiger charge is 2.34. The van der Waals surface area contributed by atoms with E-state index in [2.05, 4.69) is 11.6 Å². The average molecular weight is 325 g/mol. The fourth-order valence-corrected chi connectivity index (χ4v) is 3.42. The van der Waals surface area contributed by atoms with Crippen LogP contribution in [0.3, 0.4) is 0 Å². The third kappa shape index (κ3) is 4.49. The van der Waals surface area contributed by atoms with Crippen LogP contribution in [-0.2, 0) is 14.3 Å². The zero-order chi connectivity index (χ0) is 13.7. The van der Waals surface area contributed by atoms with Gasteiger partial charge >= 0.3 is 0 Å². The van der Waals surface area contributed by atoms with Crippen LogP contribution in [0.25, 0.3) is 0 Å². The van der Waals surface area contributed by atoms with Gasteiger partial charge in [0.15, 0.2) is 0 Å². The predicted molar refractivity (Wildman–Crippen MR) is 83.5 cm³/mol. The molecular formula is C13H25ClN2O3S. The molecule has 0 unspecified atom stereocenters. The lowest BCUT2D eigenvalue weighted by molar-refractivity contribution is -0.132. The van der Waals surface area contributed by atoms with E-state index in [0.717, 1.165) is 38.9 Å². The molecular weight excluding hydrogens is 300 g/mol. The Kier molecular flexibility index (Phi) is 7.61. The van der Waals surface area contributed by atoms with Crippen molar-refractivity contribution >= 4 is 30.1 Å². The number of thioether (sulfide) groups is 1. The predicted octanol–water partition coefficient (Wildman–Crippen LogP) is 0.943. The molecule has 1 amide bonds. The highest BCUT2D eigenvalue weighted by molar-refractivity contribution is 8.00. The van der Waals surface area contributed by atoms with E-state index in [9.17, 15) is 4.79 Å². The van der Waals surface area contributed by atoms with Crippen molar-refractivity contribution in [1.82, 2.24) is 5.32 Å². The quantitative estimate of drug-likeness (QED) is 0.787. The molecule has 7 heteroatoms. The van der Waals surface area contributed by atoms with E-state index < -0.39 is 0 Å². The minimum Gasteiger partial charge on any atom is -0.381 e. The van der Waals surface area contributed by atoms with Crippen LogP contribution in [0.15, 0.2) is 0 Å². The maximum Gasteiger partial charge on any atom is 0.249 e. The second-order valence-corrected chi connectivity index (χ2v) is 6.55. The zero-order valence-electron chi connectivity index (χ0n) is 11.9. The summed E-state index contributed by atoms with van der Waals surface area (Å²) in [5, 5.41) is 3.05. The first-order valence-corrected chi connectivity index (χ1v) is 8.18. The molecule has 2 rings (SSSR count). The fraction of sp³-hybridized carbons (Fsp3) is 0.923. The van der Waals surface area contributed by atoms with Gasteiger partial charge in [-0.2, -0.15) is 11.8 Å². The molecule has 0 aromatic heterocycles. The number of hydrogen-bond acceptors (Lipinski definition) is 5. The van der Waals surface area contributed by atoms with Crippen LogP contribution in [0, 0.1) is 0 Å². The lowest BCUT2D eigenvalue weighted by Gasteiger charge is -2.35. The molecule has 0 bridgehead atoms. The van der Waals surface area contributed by atoms with Crippen molar-refractivity contribution in [2.24, 2.45) is 5.73 Å². The Labute approximate surface area is 131 Å². The Balaban J connectivity index is 0.00000200. The van der Waals surface area contributed by atoms with Crippen LogP contribution in [0.4, 0.5) is 0 Å². The molecule has 2 aliphatic rings. The molecule has 0 aliphatic carbocycles. The fourth-order valence-electron chi connectivity index (χ4n) is 2.63. The maximum absolute atomic E-state index is 12.1. The highest BCUT2D eigenvalue weighted by Crippen LogP contribution is 2.33.